The molecule has 1 aliphatic heterocycles. The van der Waals surface area contributed by atoms with Crippen molar-refractivity contribution in [1.82, 2.24) is 15.1 Å². The van der Waals surface area contributed by atoms with E-state index in [9.17, 15) is 14.7 Å². The van der Waals surface area contributed by atoms with Crippen molar-refractivity contribution in [2.24, 2.45) is 7.05 Å². The summed E-state index contributed by atoms with van der Waals surface area (Å²) in [5.41, 5.74) is 2.71. The number of carboxylic acid groups (broad SMARTS) is 1. The molecular weight excluding hydrogens is 308 g/mol. The van der Waals surface area contributed by atoms with E-state index in [1.54, 1.807) is 28.9 Å². The zero-order valence-corrected chi connectivity index (χ0v) is 13.5. The van der Waals surface area contributed by atoms with Crippen molar-refractivity contribution < 1.29 is 14.7 Å². The Morgan fingerprint density at radius 2 is 2.12 bits per heavy atom. The van der Waals surface area contributed by atoms with Gasteiger partial charge in [-0.2, -0.15) is 5.10 Å². The van der Waals surface area contributed by atoms with E-state index in [1.165, 1.54) is 0 Å². The Morgan fingerprint density at radius 3 is 2.83 bits per heavy atom. The molecule has 1 aromatic carbocycles. The van der Waals surface area contributed by atoms with Crippen molar-refractivity contribution >= 4 is 17.7 Å². The molecule has 0 fully saturated rings. The van der Waals surface area contributed by atoms with Crippen LogP contribution in [0.5, 0.6) is 0 Å². The van der Waals surface area contributed by atoms with Crippen LogP contribution in [-0.2, 0) is 24.7 Å². The molecule has 1 aliphatic rings. The van der Waals surface area contributed by atoms with Gasteiger partial charge in [-0.1, -0.05) is 18.2 Å². The van der Waals surface area contributed by atoms with Crippen molar-refractivity contribution in [2.45, 2.75) is 25.3 Å². The SMILES string of the molecule is Cn1nccc1CC(NC(=O)N1CCCc2ccccc21)C(=O)O. The van der Waals surface area contributed by atoms with Gasteiger partial charge in [-0.05, 0) is 30.5 Å². The van der Waals surface area contributed by atoms with Crippen LogP contribution in [0.4, 0.5) is 10.5 Å². The highest BCUT2D eigenvalue weighted by molar-refractivity contribution is 5.95. The lowest BCUT2D eigenvalue weighted by molar-refractivity contribution is -0.139. The number of nitrogens with zero attached hydrogens (tertiary/aromatic N) is 3. The molecule has 24 heavy (non-hydrogen) atoms. The highest BCUT2D eigenvalue weighted by Gasteiger charge is 2.27. The number of aromatic nitrogens is 2. The number of amides is 2. The van der Waals surface area contributed by atoms with Crippen LogP contribution < -0.4 is 10.2 Å². The summed E-state index contributed by atoms with van der Waals surface area (Å²) in [5.74, 6) is -1.06. The predicted octanol–water partition coefficient (Wildman–Crippen LogP) is 1.58. The van der Waals surface area contributed by atoms with Crippen LogP contribution in [-0.4, -0.2) is 39.5 Å². The Labute approximate surface area is 139 Å². The molecule has 7 nitrogen and oxygen atoms in total. The number of carbonyl (C=O) groups excluding carboxylic acids is 1. The van der Waals surface area contributed by atoms with Gasteiger partial charge in [0.25, 0.3) is 0 Å². The Bertz CT molecular complexity index is 756. The van der Waals surface area contributed by atoms with Crippen molar-refractivity contribution in [3.05, 3.63) is 47.8 Å². The monoisotopic (exact) mass is 328 g/mol. The fourth-order valence-corrected chi connectivity index (χ4v) is 2.98. The van der Waals surface area contributed by atoms with Crippen molar-refractivity contribution in [3.63, 3.8) is 0 Å². The van der Waals surface area contributed by atoms with Gasteiger partial charge in [0.05, 0.1) is 0 Å². The minimum absolute atomic E-state index is 0.188. The maximum Gasteiger partial charge on any atom is 0.326 e. The predicted molar refractivity (Wildman–Crippen MR) is 89.0 cm³/mol. The summed E-state index contributed by atoms with van der Waals surface area (Å²) in [4.78, 5) is 25.8. The molecule has 2 aromatic rings. The van der Waals surface area contributed by atoms with Crippen LogP contribution in [0.2, 0.25) is 0 Å². The van der Waals surface area contributed by atoms with Crippen LogP contribution >= 0.6 is 0 Å². The number of aryl methyl sites for hydroxylation is 2. The Balaban J connectivity index is 1.75. The van der Waals surface area contributed by atoms with Gasteiger partial charge in [-0.3, -0.25) is 9.58 Å². The molecule has 0 aliphatic carbocycles. The van der Waals surface area contributed by atoms with Crippen LogP contribution in [0.1, 0.15) is 17.7 Å². The van der Waals surface area contributed by atoms with Crippen molar-refractivity contribution in [2.75, 3.05) is 11.4 Å². The summed E-state index contributed by atoms with van der Waals surface area (Å²) in [5, 5.41) is 16.1. The van der Waals surface area contributed by atoms with Gasteiger partial charge >= 0.3 is 12.0 Å². The average molecular weight is 328 g/mol. The lowest BCUT2D eigenvalue weighted by Crippen LogP contribution is -2.50. The third-order valence-corrected chi connectivity index (χ3v) is 4.29. The third kappa shape index (κ3) is 3.24. The maximum atomic E-state index is 12.6. The summed E-state index contributed by atoms with van der Waals surface area (Å²) >= 11 is 0. The molecule has 3 rings (SSSR count). The lowest BCUT2D eigenvalue weighted by Gasteiger charge is -2.30. The van der Waals surface area contributed by atoms with E-state index in [-0.39, 0.29) is 12.5 Å². The van der Waals surface area contributed by atoms with Gasteiger partial charge in [0.15, 0.2) is 0 Å². The third-order valence-electron chi connectivity index (χ3n) is 4.29. The first-order valence-corrected chi connectivity index (χ1v) is 7.92. The minimum atomic E-state index is -1.06. The summed E-state index contributed by atoms with van der Waals surface area (Å²) in [6, 6.07) is 8.10. The highest BCUT2D eigenvalue weighted by atomic mass is 16.4. The van der Waals surface area contributed by atoms with E-state index in [0.29, 0.717) is 6.54 Å². The first-order chi connectivity index (χ1) is 11.6. The van der Waals surface area contributed by atoms with Crippen LogP contribution in [0, 0.1) is 0 Å². The molecule has 2 heterocycles. The number of carbonyl (C=O) groups is 2. The molecule has 0 spiro atoms. The molecular formula is C17H20N4O3. The quantitative estimate of drug-likeness (QED) is 0.892. The second-order valence-corrected chi connectivity index (χ2v) is 5.87. The number of nitrogens with one attached hydrogen (secondary N) is 1. The zero-order chi connectivity index (χ0) is 17.1. The van der Waals surface area contributed by atoms with Crippen LogP contribution in [0.3, 0.4) is 0 Å². The summed E-state index contributed by atoms with van der Waals surface area (Å²) in [6.45, 7) is 0.584. The van der Waals surface area contributed by atoms with Gasteiger partial charge in [-0.25, -0.2) is 9.59 Å². The zero-order valence-electron chi connectivity index (χ0n) is 13.5. The summed E-state index contributed by atoms with van der Waals surface area (Å²) in [7, 11) is 1.75. The molecule has 1 aromatic heterocycles. The second kappa shape index (κ2) is 6.74. The molecule has 1 unspecified atom stereocenters. The van der Waals surface area contributed by atoms with E-state index in [2.05, 4.69) is 10.4 Å². The fraction of sp³-hybridized carbons (Fsp3) is 0.353. The molecule has 0 radical (unpaired) electrons. The number of rotatable bonds is 4. The Morgan fingerprint density at radius 1 is 1.33 bits per heavy atom. The van der Waals surface area contributed by atoms with Gasteiger partial charge < -0.3 is 10.4 Å². The number of urea groups is 1. The minimum Gasteiger partial charge on any atom is -0.480 e. The van der Waals surface area contributed by atoms with Gasteiger partial charge in [0.2, 0.25) is 0 Å². The molecule has 0 saturated heterocycles. The highest BCUT2D eigenvalue weighted by Crippen LogP contribution is 2.26. The number of hydrogen-bond acceptors (Lipinski definition) is 3. The number of anilines is 1. The average Bonchev–Trinajstić information content (AvgIpc) is 2.98. The Hall–Kier alpha value is -2.83. The number of fused-ring (bicyclic) bond motifs is 1. The number of para-hydroxylation sites is 1. The number of aliphatic carboxylic acids is 1. The first kappa shape index (κ1) is 16.0. The largest absolute Gasteiger partial charge is 0.480 e. The molecule has 1 atom stereocenters. The summed E-state index contributed by atoms with van der Waals surface area (Å²) < 4.78 is 1.61. The molecule has 126 valence electrons. The van der Waals surface area contributed by atoms with E-state index < -0.39 is 12.0 Å². The van der Waals surface area contributed by atoms with Crippen molar-refractivity contribution in [3.8, 4) is 0 Å². The second-order valence-electron chi connectivity index (χ2n) is 5.87. The molecule has 0 saturated carbocycles. The van der Waals surface area contributed by atoms with E-state index in [4.69, 9.17) is 0 Å². The number of benzene rings is 1. The maximum absolute atomic E-state index is 12.6. The van der Waals surface area contributed by atoms with Gasteiger partial charge in [0, 0.05) is 37.6 Å². The molecule has 2 amide bonds. The van der Waals surface area contributed by atoms with Gasteiger partial charge in [-0.15, -0.1) is 0 Å². The topological polar surface area (TPSA) is 87.5 Å². The fourth-order valence-electron chi connectivity index (χ4n) is 2.98. The molecule has 0 bridgehead atoms. The number of carboxylic acids is 1. The van der Waals surface area contributed by atoms with E-state index in [1.807, 2.05) is 24.3 Å². The standard InChI is InChI=1S/C17H20N4O3/c1-20-13(8-9-18-20)11-14(16(22)23)19-17(24)21-10-4-6-12-5-2-3-7-15(12)21/h2-3,5,7-9,14H,4,6,10-11H2,1H3,(H,19,24)(H,22,23). The molecule has 7 heteroatoms. The number of hydrogen-bond donors (Lipinski definition) is 2. The summed E-state index contributed by atoms with van der Waals surface area (Å²) in [6.07, 6.45) is 3.59. The van der Waals surface area contributed by atoms with Crippen molar-refractivity contribution in [1.29, 1.82) is 0 Å². The van der Waals surface area contributed by atoms with Crippen LogP contribution in [0.15, 0.2) is 36.5 Å². The smallest absolute Gasteiger partial charge is 0.326 e. The van der Waals surface area contributed by atoms with Crippen LogP contribution in [0.25, 0.3) is 0 Å². The normalized spacial score (nSPS) is 14.8. The van der Waals surface area contributed by atoms with E-state index in [0.717, 1.165) is 29.8 Å². The van der Waals surface area contributed by atoms with Gasteiger partial charge in [0.1, 0.15) is 6.04 Å². The first-order valence-electron chi connectivity index (χ1n) is 7.92. The molecule has 2 N–H and O–H groups in total. The lowest BCUT2D eigenvalue weighted by atomic mass is 10.0. The van der Waals surface area contributed by atoms with E-state index >= 15 is 0 Å². The Kier molecular flexibility index (Phi) is 4.50.